The summed E-state index contributed by atoms with van der Waals surface area (Å²) >= 11 is 6.02. The standard InChI is InChI=1S/C26H21ClF2N4O5/c1-13-7-16(38-32-13)10-22(26(36)31-15-4-5-17(25(30)35)21(29)9-15)33-12-23(37-2)19(11-24(33)34)18-8-14(27)3-6-20(18)28/h3-9,11-12,22H,10H2,1-2H3,(H2,30,35)(H,31,36). The number of primary amides is 1. The predicted octanol–water partition coefficient (Wildman–Crippen LogP) is 4.27. The van der Waals surface area contributed by atoms with Gasteiger partial charge in [0.2, 0.25) is 5.91 Å². The number of aromatic nitrogens is 2. The fourth-order valence-corrected chi connectivity index (χ4v) is 4.06. The molecule has 0 aliphatic heterocycles. The van der Waals surface area contributed by atoms with Crippen LogP contribution < -0.4 is 21.3 Å². The fourth-order valence-electron chi connectivity index (χ4n) is 3.89. The van der Waals surface area contributed by atoms with Crippen LogP contribution in [0.1, 0.15) is 27.9 Å². The maximum absolute atomic E-state index is 14.6. The summed E-state index contributed by atoms with van der Waals surface area (Å²) in [5.41, 5.74) is 4.87. The Morgan fingerprint density at radius 2 is 1.89 bits per heavy atom. The van der Waals surface area contributed by atoms with Crippen LogP contribution in [0.5, 0.6) is 5.75 Å². The van der Waals surface area contributed by atoms with E-state index in [1.54, 1.807) is 13.0 Å². The second-order valence-corrected chi connectivity index (χ2v) is 8.76. The van der Waals surface area contributed by atoms with E-state index in [0.717, 1.165) is 28.8 Å². The summed E-state index contributed by atoms with van der Waals surface area (Å²) in [6.45, 7) is 1.69. The predicted molar refractivity (Wildman–Crippen MR) is 135 cm³/mol. The van der Waals surface area contributed by atoms with Gasteiger partial charge in [-0.25, -0.2) is 8.78 Å². The van der Waals surface area contributed by atoms with Crippen LogP contribution in [-0.4, -0.2) is 28.6 Å². The number of aryl methyl sites for hydroxylation is 1. The smallest absolute Gasteiger partial charge is 0.252 e. The Hall–Kier alpha value is -4.51. The first-order valence-electron chi connectivity index (χ1n) is 11.2. The van der Waals surface area contributed by atoms with Gasteiger partial charge < -0.3 is 20.3 Å². The topological polar surface area (TPSA) is 129 Å². The number of rotatable bonds is 8. The number of nitrogens with zero attached hydrogens (tertiary/aromatic N) is 2. The Labute approximate surface area is 219 Å². The highest BCUT2D eigenvalue weighted by Crippen LogP contribution is 2.33. The molecule has 196 valence electrons. The third-order valence-electron chi connectivity index (χ3n) is 5.69. The zero-order valence-corrected chi connectivity index (χ0v) is 20.9. The number of nitrogens with one attached hydrogen (secondary N) is 1. The molecule has 2 heterocycles. The van der Waals surface area contributed by atoms with Crippen LogP contribution in [0.15, 0.2) is 64.0 Å². The van der Waals surface area contributed by atoms with Gasteiger partial charge in [-0.1, -0.05) is 16.8 Å². The average Bonchev–Trinajstić information content (AvgIpc) is 3.28. The molecule has 1 unspecified atom stereocenters. The Balaban J connectivity index is 1.77. The number of methoxy groups -OCH3 is 1. The molecule has 2 amide bonds. The molecule has 38 heavy (non-hydrogen) atoms. The molecule has 12 heteroatoms. The minimum Gasteiger partial charge on any atom is -0.495 e. The normalized spacial score (nSPS) is 11.7. The Morgan fingerprint density at radius 1 is 1.13 bits per heavy atom. The molecular weight excluding hydrogens is 522 g/mol. The number of pyridine rings is 1. The number of carbonyl (C=O) groups is 2. The highest BCUT2D eigenvalue weighted by molar-refractivity contribution is 6.30. The van der Waals surface area contributed by atoms with Crippen LogP contribution in [0.3, 0.4) is 0 Å². The lowest BCUT2D eigenvalue weighted by Crippen LogP contribution is -2.34. The Bertz CT molecular complexity index is 1600. The van der Waals surface area contributed by atoms with Crippen molar-refractivity contribution in [3.05, 3.63) is 98.8 Å². The van der Waals surface area contributed by atoms with E-state index < -0.39 is 35.0 Å². The maximum atomic E-state index is 14.6. The number of ether oxygens (including phenoxy) is 1. The third kappa shape index (κ3) is 5.57. The van der Waals surface area contributed by atoms with Crippen molar-refractivity contribution >= 4 is 29.1 Å². The van der Waals surface area contributed by atoms with Gasteiger partial charge in [0.05, 0.1) is 24.6 Å². The number of halogens is 3. The van der Waals surface area contributed by atoms with Crippen molar-refractivity contribution in [1.82, 2.24) is 9.72 Å². The molecule has 1 atom stereocenters. The van der Waals surface area contributed by atoms with Crippen molar-refractivity contribution in [1.29, 1.82) is 0 Å². The molecule has 2 aromatic heterocycles. The molecule has 0 aliphatic carbocycles. The molecule has 0 radical (unpaired) electrons. The number of carbonyl (C=O) groups excluding carboxylic acids is 2. The third-order valence-corrected chi connectivity index (χ3v) is 5.93. The van der Waals surface area contributed by atoms with Crippen LogP contribution in [-0.2, 0) is 11.2 Å². The lowest BCUT2D eigenvalue weighted by molar-refractivity contribution is -0.119. The summed E-state index contributed by atoms with van der Waals surface area (Å²) < 4.78 is 40.6. The van der Waals surface area contributed by atoms with Crippen molar-refractivity contribution in [2.45, 2.75) is 19.4 Å². The lowest BCUT2D eigenvalue weighted by Gasteiger charge is -2.21. The van der Waals surface area contributed by atoms with E-state index in [4.69, 9.17) is 26.6 Å². The average molecular weight is 543 g/mol. The highest BCUT2D eigenvalue weighted by atomic mass is 35.5. The maximum Gasteiger partial charge on any atom is 0.252 e. The van der Waals surface area contributed by atoms with Crippen LogP contribution >= 0.6 is 11.6 Å². The number of hydrogen-bond donors (Lipinski definition) is 2. The molecule has 2 aromatic carbocycles. The van der Waals surface area contributed by atoms with Gasteiger partial charge in [-0.15, -0.1) is 0 Å². The monoisotopic (exact) mass is 542 g/mol. The SMILES string of the molecule is COc1cn(C(Cc2cc(C)no2)C(=O)Nc2ccc(C(N)=O)c(F)c2)c(=O)cc1-c1cc(Cl)ccc1F. The van der Waals surface area contributed by atoms with Crippen LogP contribution in [0.4, 0.5) is 14.5 Å². The zero-order valence-electron chi connectivity index (χ0n) is 20.1. The number of hydrogen-bond acceptors (Lipinski definition) is 6. The van der Waals surface area contributed by atoms with Gasteiger partial charge in [0, 0.05) is 40.4 Å². The van der Waals surface area contributed by atoms with Gasteiger partial charge in [0.1, 0.15) is 29.2 Å². The molecule has 4 aromatic rings. The molecule has 0 saturated carbocycles. The number of anilines is 1. The first-order valence-corrected chi connectivity index (χ1v) is 11.5. The summed E-state index contributed by atoms with van der Waals surface area (Å²) in [6.07, 6.45) is 1.16. The zero-order chi connectivity index (χ0) is 27.6. The largest absolute Gasteiger partial charge is 0.495 e. The quantitative estimate of drug-likeness (QED) is 0.342. The van der Waals surface area contributed by atoms with Crippen LogP contribution in [0.2, 0.25) is 5.02 Å². The number of nitrogens with two attached hydrogens (primary N) is 1. The van der Waals surface area contributed by atoms with E-state index in [2.05, 4.69) is 10.5 Å². The number of benzene rings is 2. The van der Waals surface area contributed by atoms with Gasteiger partial charge in [-0.3, -0.25) is 19.0 Å². The molecule has 0 fully saturated rings. The molecule has 4 rings (SSSR count). The van der Waals surface area contributed by atoms with E-state index >= 15 is 0 Å². The summed E-state index contributed by atoms with van der Waals surface area (Å²) in [7, 11) is 1.33. The molecule has 0 saturated heterocycles. The van der Waals surface area contributed by atoms with E-state index in [9.17, 15) is 23.2 Å². The van der Waals surface area contributed by atoms with Crippen molar-refractivity contribution in [3.63, 3.8) is 0 Å². The minimum atomic E-state index is -1.22. The summed E-state index contributed by atoms with van der Waals surface area (Å²) in [5, 5.41) is 6.59. The Morgan fingerprint density at radius 3 is 2.53 bits per heavy atom. The van der Waals surface area contributed by atoms with Crippen LogP contribution in [0.25, 0.3) is 11.1 Å². The van der Waals surface area contributed by atoms with Gasteiger partial charge in [-0.2, -0.15) is 0 Å². The second kappa shape index (κ2) is 10.9. The van der Waals surface area contributed by atoms with Gasteiger partial charge in [0.25, 0.3) is 11.5 Å². The van der Waals surface area contributed by atoms with Gasteiger partial charge in [0.15, 0.2) is 0 Å². The lowest BCUT2D eigenvalue weighted by atomic mass is 10.0. The summed E-state index contributed by atoms with van der Waals surface area (Å²) in [6, 6.07) is 8.74. The molecule has 9 nitrogen and oxygen atoms in total. The van der Waals surface area contributed by atoms with E-state index in [-0.39, 0.29) is 39.6 Å². The number of amides is 2. The van der Waals surface area contributed by atoms with Crippen molar-refractivity contribution in [3.8, 4) is 16.9 Å². The van der Waals surface area contributed by atoms with E-state index in [1.807, 2.05) is 0 Å². The summed E-state index contributed by atoms with van der Waals surface area (Å²) in [4.78, 5) is 38.0. The molecule has 0 bridgehead atoms. The van der Waals surface area contributed by atoms with Crippen molar-refractivity contribution < 1.29 is 27.6 Å². The van der Waals surface area contributed by atoms with E-state index in [0.29, 0.717) is 11.5 Å². The minimum absolute atomic E-state index is 0.0221. The van der Waals surface area contributed by atoms with Crippen molar-refractivity contribution in [2.24, 2.45) is 5.73 Å². The molecular formula is C26H21ClF2N4O5. The molecule has 0 spiro atoms. The first-order chi connectivity index (χ1) is 18.1. The second-order valence-electron chi connectivity index (χ2n) is 8.33. The highest BCUT2D eigenvalue weighted by Gasteiger charge is 2.26. The van der Waals surface area contributed by atoms with Gasteiger partial charge in [-0.05, 0) is 43.3 Å². The molecule has 0 aliphatic rings. The van der Waals surface area contributed by atoms with Crippen molar-refractivity contribution in [2.75, 3.05) is 12.4 Å². The van der Waals surface area contributed by atoms with Crippen LogP contribution in [0, 0.1) is 18.6 Å². The first kappa shape index (κ1) is 26.6. The van der Waals surface area contributed by atoms with Gasteiger partial charge >= 0.3 is 0 Å². The fraction of sp³-hybridized carbons (Fsp3) is 0.154. The van der Waals surface area contributed by atoms with E-state index in [1.165, 1.54) is 31.5 Å². The Kier molecular flexibility index (Phi) is 7.58. The summed E-state index contributed by atoms with van der Waals surface area (Å²) in [5.74, 6) is -2.84. The molecule has 3 N–H and O–H groups in total.